The number of rotatable bonds is 3. The first-order valence-corrected chi connectivity index (χ1v) is 10.1. The predicted octanol–water partition coefficient (Wildman–Crippen LogP) is 2.25. The summed E-state index contributed by atoms with van der Waals surface area (Å²) < 4.78 is 5.80. The monoisotopic (exact) mass is 386 g/mol. The van der Waals surface area contributed by atoms with Gasteiger partial charge in [0.2, 0.25) is 0 Å². The van der Waals surface area contributed by atoms with Crippen LogP contribution >= 0.6 is 11.8 Å². The maximum atomic E-state index is 6.40. The second-order valence-corrected chi connectivity index (χ2v) is 8.61. The highest BCUT2D eigenvalue weighted by Crippen LogP contribution is 2.42. The molecule has 2 fully saturated rings. The van der Waals surface area contributed by atoms with Gasteiger partial charge in [0.05, 0.1) is 18.9 Å². The summed E-state index contributed by atoms with van der Waals surface area (Å²) in [4.78, 5) is 16.7. The molecule has 0 aromatic carbocycles. The van der Waals surface area contributed by atoms with Gasteiger partial charge in [0.15, 0.2) is 5.82 Å². The fourth-order valence-electron chi connectivity index (χ4n) is 3.96. The molecule has 2 aliphatic rings. The molecule has 2 aromatic heterocycles. The normalized spacial score (nSPS) is 24.5. The largest absolute Gasteiger partial charge is 0.381 e. The molecule has 8 heteroatoms. The molecule has 0 saturated carbocycles. The number of nitrogens with two attached hydrogens (primary N) is 2. The summed E-state index contributed by atoms with van der Waals surface area (Å²) in [6, 6.07) is 4.07. The Morgan fingerprint density at radius 3 is 2.70 bits per heavy atom. The van der Waals surface area contributed by atoms with E-state index >= 15 is 0 Å². The number of anilines is 2. The minimum Gasteiger partial charge on any atom is -0.381 e. The molecule has 4 rings (SSSR count). The van der Waals surface area contributed by atoms with Gasteiger partial charge in [-0.3, -0.25) is 4.98 Å². The van der Waals surface area contributed by atoms with Crippen molar-refractivity contribution < 1.29 is 4.74 Å². The molecular weight excluding hydrogens is 360 g/mol. The highest BCUT2D eigenvalue weighted by atomic mass is 32.2. The lowest BCUT2D eigenvalue weighted by Gasteiger charge is -2.41. The van der Waals surface area contributed by atoms with E-state index in [9.17, 15) is 0 Å². The lowest BCUT2D eigenvalue weighted by atomic mass is 9.73. The van der Waals surface area contributed by atoms with Gasteiger partial charge in [-0.15, -0.1) is 0 Å². The summed E-state index contributed by atoms with van der Waals surface area (Å²) in [7, 11) is 0. The Hall–Kier alpha value is -1.90. The number of aromatic nitrogens is 3. The number of hydrogen-bond donors (Lipinski definition) is 2. The molecule has 2 saturated heterocycles. The SMILES string of the molecule is Cc1cc(Sc2ncc(N3CCC4(CC3)COC(C)C4N)nc2N)ccn1. The fraction of sp³-hybridized carbons (Fsp3) is 0.526. The van der Waals surface area contributed by atoms with Crippen LogP contribution in [0.5, 0.6) is 0 Å². The topological polar surface area (TPSA) is 103 Å². The zero-order chi connectivity index (χ0) is 19.0. The van der Waals surface area contributed by atoms with Crippen LogP contribution in [0.15, 0.2) is 34.4 Å². The van der Waals surface area contributed by atoms with Crippen molar-refractivity contribution in [3.63, 3.8) is 0 Å². The van der Waals surface area contributed by atoms with Crippen LogP contribution in [0.3, 0.4) is 0 Å². The van der Waals surface area contributed by atoms with E-state index in [0.717, 1.165) is 54.0 Å². The molecule has 4 N–H and O–H groups in total. The summed E-state index contributed by atoms with van der Waals surface area (Å²) in [5, 5.41) is 0.720. The molecule has 144 valence electrons. The van der Waals surface area contributed by atoms with E-state index in [1.54, 1.807) is 6.20 Å². The van der Waals surface area contributed by atoms with Gasteiger partial charge in [0.1, 0.15) is 10.8 Å². The summed E-state index contributed by atoms with van der Waals surface area (Å²) in [5.74, 6) is 1.29. The van der Waals surface area contributed by atoms with Crippen molar-refractivity contribution in [2.75, 3.05) is 30.3 Å². The van der Waals surface area contributed by atoms with Crippen molar-refractivity contribution in [1.29, 1.82) is 0 Å². The quantitative estimate of drug-likeness (QED) is 0.828. The van der Waals surface area contributed by atoms with Gasteiger partial charge in [0.25, 0.3) is 0 Å². The summed E-state index contributed by atoms with van der Waals surface area (Å²) >= 11 is 1.51. The third-order valence-electron chi connectivity index (χ3n) is 5.76. The Morgan fingerprint density at radius 2 is 2.07 bits per heavy atom. The van der Waals surface area contributed by atoms with Gasteiger partial charge in [-0.1, -0.05) is 11.8 Å². The molecule has 2 atom stereocenters. The van der Waals surface area contributed by atoms with Crippen molar-refractivity contribution in [3.8, 4) is 0 Å². The van der Waals surface area contributed by atoms with Gasteiger partial charge in [-0.2, -0.15) is 0 Å². The Balaban J connectivity index is 1.44. The minimum absolute atomic E-state index is 0.101. The molecule has 0 bridgehead atoms. The number of pyridine rings is 1. The van der Waals surface area contributed by atoms with Crippen molar-refractivity contribution in [1.82, 2.24) is 15.0 Å². The summed E-state index contributed by atoms with van der Waals surface area (Å²) in [6.45, 7) is 6.59. The highest BCUT2D eigenvalue weighted by Gasteiger charge is 2.47. The van der Waals surface area contributed by atoms with Crippen molar-refractivity contribution >= 4 is 23.4 Å². The van der Waals surface area contributed by atoms with Gasteiger partial charge in [-0.25, -0.2) is 9.97 Å². The Bertz CT molecular complexity index is 824. The molecule has 0 aliphatic carbocycles. The predicted molar refractivity (Wildman–Crippen MR) is 107 cm³/mol. The maximum absolute atomic E-state index is 6.40. The Labute approximate surface area is 163 Å². The molecule has 2 aromatic rings. The fourth-order valence-corrected chi connectivity index (χ4v) is 4.80. The van der Waals surface area contributed by atoms with Crippen molar-refractivity contribution in [2.45, 2.75) is 48.8 Å². The van der Waals surface area contributed by atoms with E-state index in [-0.39, 0.29) is 17.6 Å². The first kappa shape index (κ1) is 18.5. The number of nitrogens with zero attached hydrogens (tertiary/aromatic N) is 4. The van der Waals surface area contributed by atoms with Gasteiger partial charge < -0.3 is 21.1 Å². The molecule has 0 radical (unpaired) electrons. The zero-order valence-corrected chi connectivity index (χ0v) is 16.6. The highest BCUT2D eigenvalue weighted by molar-refractivity contribution is 7.99. The molecule has 27 heavy (non-hydrogen) atoms. The van der Waals surface area contributed by atoms with Crippen LogP contribution in [0, 0.1) is 12.3 Å². The third kappa shape index (κ3) is 3.61. The van der Waals surface area contributed by atoms with E-state index < -0.39 is 0 Å². The first-order chi connectivity index (χ1) is 13.0. The lowest BCUT2D eigenvalue weighted by molar-refractivity contribution is 0.0974. The number of hydrogen-bond acceptors (Lipinski definition) is 8. The maximum Gasteiger partial charge on any atom is 0.158 e. The lowest BCUT2D eigenvalue weighted by Crippen LogP contribution is -2.50. The second-order valence-electron chi connectivity index (χ2n) is 7.54. The van der Waals surface area contributed by atoms with Crippen LogP contribution < -0.4 is 16.4 Å². The molecule has 2 unspecified atom stereocenters. The molecule has 4 heterocycles. The van der Waals surface area contributed by atoms with E-state index in [1.165, 1.54) is 11.8 Å². The van der Waals surface area contributed by atoms with Gasteiger partial charge in [-0.05, 0) is 38.8 Å². The van der Waals surface area contributed by atoms with E-state index in [2.05, 4.69) is 26.8 Å². The van der Waals surface area contributed by atoms with Crippen molar-refractivity contribution in [2.24, 2.45) is 11.1 Å². The van der Waals surface area contributed by atoms with E-state index in [0.29, 0.717) is 5.82 Å². The standard InChI is InChI=1S/C19H26N6OS/c1-12-9-14(3-6-22-12)27-18-17(21)24-15(10-23-18)25-7-4-19(5-8-25)11-26-13(2)16(19)20/h3,6,9-10,13,16H,4-5,7-8,11,20H2,1-2H3,(H2,21,24). The zero-order valence-electron chi connectivity index (χ0n) is 15.8. The molecule has 0 amide bonds. The van der Waals surface area contributed by atoms with Gasteiger partial charge >= 0.3 is 0 Å². The summed E-state index contributed by atoms with van der Waals surface area (Å²) in [5.41, 5.74) is 13.7. The van der Waals surface area contributed by atoms with Crippen LogP contribution in [-0.4, -0.2) is 46.8 Å². The smallest absolute Gasteiger partial charge is 0.158 e. The molecular formula is C19H26N6OS. The molecule has 2 aliphatic heterocycles. The average molecular weight is 387 g/mol. The van der Waals surface area contributed by atoms with E-state index in [4.69, 9.17) is 16.2 Å². The van der Waals surface area contributed by atoms with Crippen LogP contribution in [0.2, 0.25) is 0 Å². The first-order valence-electron chi connectivity index (χ1n) is 9.32. The third-order valence-corrected chi connectivity index (χ3v) is 6.76. The number of nitrogen functional groups attached to an aromatic ring is 1. The molecule has 7 nitrogen and oxygen atoms in total. The summed E-state index contributed by atoms with van der Waals surface area (Å²) in [6.07, 6.45) is 5.76. The number of ether oxygens (including phenoxy) is 1. The Morgan fingerprint density at radius 1 is 1.30 bits per heavy atom. The van der Waals surface area contributed by atoms with Crippen LogP contribution in [0.1, 0.15) is 25.5 Å². The van der Waals surface area contributed by atoms with E-state index in [1.807, 2.05) is 25.3 Å². The molecule has 1 spiro atoms. The van der Waals surface area contributed by atoms with Crippen LogP contribution in [0.4, 0.5) is 11.6 Å². The van der Waals surface area contributed by atoms with Crippen LogP contribution in [0.25, 0.3) is 0 Å². The average Bonchev–Trinajstić information content (AvgIpc) is 2.93. The number of aryl methyl sites for hydroxylation is 1. The van der Waals surface area contributed by atoms with Crippen LogP contribution in [-0.2, 0) is 4.74 Å². The van der Waals surface area contributed by atoms with Crippen molar-refractivity contribution in [3.05, 3.63) is 30.2 Å². The number of piperidine rings is 1. The van der Waals surface area contributed by atoms with Gasteiger partial charge in [0, 0.05) is 41.3 Å². The Kier molecular flexibility index (Phi) is 4.96. The minimum atomic E-state index is 0.101. The second kappa shape index (κ2) is 7.26.